The molecule has 0 spiro atoms. The number of nitrogens with one attached hydrogen (secondary N) is 1. The Hall–Kier alpha value is -2.99. The van der Waals surface area contributed by atoms with E-state index in [1.807, 2.05) is 38.1 Å². The SMILES string of the molecule is Cc1noc(C)c1[C@H]1CCCN1Cc1cccc(C(=O)Nc2cccnc2)c1. The van der Waals surface area contributed by atoms with Gasteiger partial charge < -0.3 is 9.84 Å². The molecule has 0 unspecified atom stereocenters. The van der Waals surface area contributed by atoms with Crippen LogP contribution in [0.5, 0.6) is 0 Å². The van der Waals surface area contributed by atoms with Gasteiger partial charge in [-0.2, -0.15) is 0 Å². The van der Waals surface area contributed by atoms with Crippen LogP contribution in [-0.2, 0) is 6.54 Å². The normalized spacial score (nSPS) is 17.0. The van der Waals surface area contributed by atoms with Crippen molar-refractivity contribution in [2.75, 3.05) is 11.9 Å². The minimum Gasteiger partial charge on any atom is -0.361 e. The van der Waals surface area contributed by atoms with E-state index in [0.717, 1.165) is 42.9 Å². The summed E-state index contributed by atoms with van der Waals surface area (Å²) >= 11 is 0. The van der Waals surface area contributed by atoms with Crippen molar-refractivity contribution in [3.05, 3.63) is 76.9 Å². The van der Waals surface area contributed by atoms with Gasteiger partial charge in [0.1, 0.15) is 5.76 Å². The monoisotopic (exact) mass is 376 g/mol. The summed E-state index contributed by atoms with van der Waals surface area (Å²) < 4.78 is 5.38. The molecule has 6 heteroatoms. The molecule has 1 aliphatic heterocycles. The number of amides is 1. The summed E-state index contributed by atoms with van der Waals surface area (Å²) in [5.41, 5.74) is 4.64. The Morgan fingerprint density at radius 1 is 1.29 bits per heavy atom. The first-order valence-electron chi connectivity index (χ1n) is 9.59. The Morgan fingerprint density at radius 3 is 2.93 bits per heavy atom. The van der Waals surface area contributed by atoms with Crippen molar-refractivity contribution in [3.63, 3.8) is 0 Å². The van der Waals surface area contributed by atoms with E-state index in [4.69, 9.17) is 4.52 Å². The van der Waals surface area contributed by atoms with Gasteiger partial charge in [-0.05, 0) is 63.1 Å². The molecule has 3 heterocycles. The van der Waals surface area contributed by atoms with E-state index in [-0.39, 0.29) is 5.91 Å². The van der Waals surface area contributed by atoms with Crippen LogP contribution in [0.25, 0.3) is 0 Å². The van der Waals surface area contributed by atoms with Gasteiger partial charge in [-0.15, -0.1) is 0 Å². The molecule has 4 rings (SSSR count). The second-order valence-electron chi connectivity index (χ2n) is 7.26. The summed E-state index contributed by atoms with van der Waals surface area (Å²) in [6.45, 7) is 5.81. The molecule has 3 aromatic rings. The molecule has 0 saturated carbocycles. The Labute approximate surface area is 164 Å². The van der Waals surface area contributed by atoms with Crippen LogP contribution in [0.2, 0.25) is 0 Å². The number of hydrogen-bond acceptors (Lipinski definition) is 5. The fraction of sp³-hybridized carbons (Fsp3) is 0.318. The van der Waals surface area contributed by atoms with Gasteiger partial charge in [0.15, 0.2) is 0 Å². The Kier molecular flexibility index (Phi) is 5.21. The fourth-order valence-corrected chi connectivity index (χ4v) is 3.99. The lowest BCUT2D eigenvalue weighted by molar-refractivity contribution is 0.102. The highest BCUT2D eigenvalue weighted by molar-refractivity contribution is 6.04. The van der Waals surface area contributed by atoms with Gasteiger partial charge in [-0.25, -0.2) is 0 Å². The van der Waals surface area contributed by atoms with Gasteiger partial charge in [0, 0.05) is 29.9 Å². The van der Waals surface area contributed by atoms with Crippen LogP contribution in [0, 0.1) is 13.8 Å². The van der Waals surface area contributed by atoms with E-state index >= 15 is 0 Å². The van der Waals surface area contributed by atoms with Crippen LogP contribution in [0.1, 0.15) is 51.8 Å². The largest absolute Gasteiger partial charge is 0.361 e. The summed E-state index contributed by atoms with van der Waals surface area (Å²) in [6, 6.07) is 11.8. The highest BCUT2D eigenvalue weighted by Gasteiger charge is 2.30. The number of rotatable bonds is 5. The molecule has 1 aromatic carbocycles. The van der Waals surface area contributed by atoms with Crippen LogP contribution in [-0.4, -0.2) is 27.5 Å². The van der Waals surface area contributed by atoms with Crippen LogP contribution >= 0.6 is 0 Å². The standard InChI is InChI=1S/C22H24N4O2/c1-15-21(16(2)28-25-15)20-9-5-11-26(20)14-17-6-3-7-18(12-17)22(27)24-19-8-4-10-23-13-19/h3-4,6-8,10,12-13,20H,5,9,11,14H2,1-2H3,(H,24,27)/t20-/m1/s1. The fourth-order valence-electron chi connectivity index (χ4n) is 3.99. The van der Waals surface area contributed by atoms with E-state index in [1.54, 1.807) is 18.5 Å². The molecule has 1 N–H and O–H groups in total. The van der Waals surface area contributed by atoms with E-state index in [2.05, 4.69) is 26.4 Å². The van der Waals surface area contributed by atoms with Gasteiger partial charge in [-0.1, -0.05) is 17.3 Å². The van der Waals surface area contributed by atoms with Crippen molar-refractivity contribution in [2.24, 2.45) is 0 Å². The van der Waals surface area contributed by atoms with Gasteiger partial charge in [0.25, 0.3) is 5.91 Å². The van der Waals surface area contributed by atoms with Crippen LogP contribution in [0.15, 0.2) is 53.3 Å². The number of carbonyl (C=O) groups excluding carboxylic acids is 1. The van der Waals surface area contributed by atoms with Crippen LogP contribution in [0.3, 0.4) is 0 Å². The molecule has 1 saturated heterocycles. The summed E-state index contributed by atoms with van der Waals surface area (Å²) in [5, 5.41) is 7.01. The zero-order chi connectivity index (χ0) is 19.5. The van der Waals surface area contributed by atoms with Gasteiger partial charge in [-0.3, -0.25) is 14.7 Å². The number of benzene rings is 1. The van der Waals surface area contributed by atoms with E-state index in [1.165, 1.54) is 5.56 Å². The average Bonchev–Trinajstić information content (AvgIpc) is 3.28. The third kappa shape index (κ3) is 3.82. The number of hydrogen-bond donors (Lipinski definition) is 1. The number of pyridine rings is 1. The van der Waals surface area contributed by atoms with E-state index in [9.17, 15) is 4.79 Å². The lowest BCUT2D eigenvalue weighted by Crippen LogP contribution is -2.23. The van der Waals surface area contributed by atoms with E-state index in [0.29, 0.717) is 17.3 Å². The van der Waals surface area contributed by atoms with Crippen LogP contribution < -0.4 is 5.32 Å². The van der Waals surface area contributed by atoms with E-state index < -0.39 is 0 Å². The van der Waals surface area contributed by atoms with Crippen molar-refractivity contribution < 1.29 is 9.32 Å². The predicted octanol–water partition coefficient (Wildman–Crippen LogP) is 4.28. The molecule has 0 radical (unpaired) electrons. The third-order valence-electron chi connectivity index (χ3n) is 5.28. The number of likely N-dealkylation sites (tertiary alicyclic amines) is 1. The summed E-state index contributed by atoms with van der Waals surface area (Å²) in [5.74, 6) is 0.776. The second-order valence-corrected chi connectivity index (χ2v) is 7.26. The summed E-state index contributed by atoms with van der Waals surface area (Å²) in [6.07, 6.45) is 5.57. The molecule has 2 aromatic heterocycles. The number of nitrogens with zero attached hydrogens (tertiary/aromatic N) is 3. The number of aryl methyl sites for hydroxylation is 2. The maximum Gasteiger partial charge on any atom is 0.255 e. The first kappa shape index (κ1) is 18.4. The molecule has 1 fully saturated rings. The zero-order valence-corrected chi connectivity index (χ0v) is 16.2. The number of anilines is 1. The lowest BCUT2D eigenvalue weighted by atomic mass is 10.0. The van der Waals surface area contributed by atoms with Crippen molar-refractivity contribution in [2.45, 2.75) is 39.3 Å². The predicted molar refractivity (Wildman–Crippen MR) is 107 cm³/mol. The van der Waals surface area contributed by atoms with Gasteiger partial charge in [0.05, 0.1) is 17.6 Å². The molecule has 1 aliphatic rings. The molecular formula is C22H24N4O2. The smallest absolute Gasteiger partial charge is 0.255 e. The first-order chi connectivity index (χ1) is 13.6. The van der Waals surface area contributed by atoms with Gasteiger partial charge >= 0.3 is 0 Å². The average molecular weight is 376 g/mol. The molecular weight excluding hydrogens is 352 g/mol. The van der Waals surface area contributed by atoms with Gasteiger partial charge in [0.2, 0.25) is 0 Å². The molecule has 28 heavy (non-hydrogen) atoms. The minimum atomic E-state index is -0.126. The summed E-state index contributed by atoms with van der Waals surface area (Å²) in [4.78, 5) is 19.0. The highest BCUT2D eigenvalue weighted by atomic mass is 16.5. The van der Waals surface area contributed by atoms with Crippen molar-refractivity contribution in [1.29, 1.82) is 0 Å². The topological polar surface area (TPSA) is 71.3 Å². The Morgan fingerprint density at radius 2 is 2.18 bits per heavy atom. The lowest BCUT2D eigenvalue weighted by Gasteiger charge is -2.24. The van der Waals surface area contributed by atoms with Crippen LogP contribution in [0.4, 0.5) is 5.69 Å². The van der Waals surface area contributed by atoms with Crippen molar-refractivity contribution in [3.8, 4) is 0 Å². The summed E-state index contributed by atoms with van der Waals surface area (Å²) in [7, 11) is 0. The third-order valence-corrected chi connectivity index (χ3v) is 5.28. The second kappa shape index (κ2) is 7.94. The minimum absolute atomic E-state index is 0.126. The Balaban J connectivity index is 1.49. The van der Waals surface area contributed by atoms with Crippen molar-refractivity contribution >= 4 is 11.6 Å². The van der Waals surface area contributed by atoms with Crippen molar-refractivity contribution in [1.82, 2.24) is 15.0 Å². The Bertz CT molecular complexity index is 948. The zero-order valence-electron chi connectivity index (χ0n) is 16.2. The maximum absolute atomic E-state index is 12.6. The first-order valence-corrected chi connectivity index (χ1v) is 9.59. The highest BCUT2D eigenvalue weighted by Crippen LogP contribution is 2.36. The molecule has 6 nitrogen and oxygen atoms in total. The number of carbonyl (C=O) groups is 1. The number of aromatic nitrogens is 2. The quantitative estimate of drug-likeness (QED) is 0.720. The maximum atomic E-state index is 12.6. The molecule has 0 bridgehead atoms. The molecule has 1 amide bonds. The molecule has 1 atom stereocenters. The molecule has 144 valence electrons. The molecule has 0 aliphatic carbocycles.